The molecule has 1 aliphatic rings. The first-order valence-electron chi connectivity index (χ1n) is 7.33. The lowest BCUT2D eigenvalue weighted by Gasteiger charge is -2.22. The summed E-state index contributed by atoms with van der Waals surface area (Å²) in [6, 6.07) is 7.52. The summed E-state index contributed by atoms with van der Waals surface area (Å²) in [4.78, 5) is 14.6. The summed E-state index contributed by atoms with van der Waals surface area (Å²) in [6.07, 6.45) is 3.51. The summed E-state index contributed by atoms with van der Waals surface area (Å²) in [5.74, 6) is 6.63. The SMILES string of the molecule is CCCN(CC1CC1)C(=O)c1cccc(C#CCN)c1. The molecule has 3 heteroatoms. The standard InChI is InChI=1S/C17H22N2O/c1-2-11-19(13-15-8-9-15)17(20)16-7-3-5-14(12-16)6-4-10-18/h3,5,7,12,15H,2,8-11,13,18H2,1H3. The van der Waals surface area contributed by atoms with Crippen molar-refractivity contribution in [1.82, 2.24) is 4.90 Å². The van der Waals surface area contributed by atoms with Crippen LogP contribution in [0.3, 0.4) is 0 Å². The molecule has 20 heavy (non-hydrogen) atoms. The smallest absolute Gasteiger partial charge is 0.253 e. The normalized spacial score (nSPS) is 13.5. The highest BCUT2D eigenvalue weighted by Gasteiger charge is 2.26. The fourth-order valence-electron chi connectivity index (χ4n) is 2.22. The molecule has 0 bridgehead atoms. The Labute approximate surface area is 121 Å². The minimum absolute atomic E-state index is 0.121. The molecule has 0 aliphatic heterocycles. The van der Waals surface area contributed by atoms with Gasteiger partial charge < -0.3 is 10.6 Å². The molecule has 0 unspecified atom stereocenters. The van der Waals surface area contributed by atoms with Crippen LogP contribution in [0.2, 0.25) is 0 Å². The number of nitrogens with two attached hydrogens (primary N) is 1. The highest BCUT2D eigenvalue weighted by molar-refractivity contribution is 5.94. The van der Waals surface area contributed by atoms with Crippen LogP contribution in [-0.4, -0.2) is 30.4 Å². The van der Waals surface area contributed by atoms with E-state index in [2.05, 4.69) is 18.8 Å². The van der Waals surface area contributed by atoms with Crippen molar-refractivity contribution in [2.45, 2.75) is 26.2 Å². The second-order valence-electron chi connectivity index (χ2n) is 5.28. The third kappa shape index (κ3) is 4.11. The first-order chi connectivity index (χ1) is 9.74. The first kappa shape index (κ1) is 14.6. The van der Waals surface area contributed by atoms with Crippen LogP contribution in [0.1, 0.15) is 42.1 Å². The predicted molar refractivity (Wildman–Crippen MR) is 81.3 cm³/mol. The Balaban J connectivity index is 2.12. The summed E-state index contributed by atoms with van der Waals surface area (Å²) < 4.78 is 0. The molecule has 106 valence electrons. The first-order valence-corrected chi connectivity index (χ1v) is 7.33. The molecule has 2 rings (SSSR count). The molecule has 2 N–H and O–H groups in total. The molecule has 1 fully saturated rings. The fourth-order valence-corrected chi connectivity index (χ4v) is 2.22. The van der Waals surface area contributed by atoms with E-state index >= 15 is 0 Å². The molecule has 0 heterocycles. The van der Waals surface area contributed by atoms with E-state index in [0.717, 1.165) is 30.6 Å². The van der Waals surface area contributed by atoms with E-state index in [1.165, 1.54) is 12.8 Å². The summed E-state index contributed by atoms with van der Waals surface area (Å²) in [5.41, 5.74) is 6.95. The monoisotopic (exact) mass is 270 g/mol. The Kier molecular flexibility index (Phi) is 5.20. The van der Waals surface area contributed by atoms with Crippen molar-refractivity contribution >= 4 is 5.91 Å². The number of carbonyl (C=O) groups is 1. The number of carbonyl (C=O) groups excluding carboxylic acids is 1. The average molecular weight is 270 g/mol. The van der Waals surface area contributed by atoms with E-state index < -0.39 is 0 Å². The number of amides is 1. The van der Waals surface area contributed by atoms with E-state index in [1.54, 1.807) is 0 Å². The summed E-state index contributed by atoms with van der Waals surface area (Å²) in [7, 11) is 0. The van der Waals surface area contributed by atoms with Gasteiger partial charge in [-0.1, -0.05) is 24.8 Å². The van der Waals surface area contributed by atoms with Gasteiger partial charge in [-0.2, -0.15) is 0 Å². The highest BCUT2D eigenvalue weighted by Crippen LogP contribution is 2.30. The van der Waals surface area contributed by atoms with Crippen LogP contribution in [0, 0.1) is 17.8 Å². The fraction of sp³-hybridized carbons (Fsp3) is 0.471. The highest BCUT2D eigenvalue weighted by atomic mass is 16.2. The Hall–Kier alpha value is -1.79. The number of hydrogen-bond acceptors (Lipinski definition) is 2. The lowest BCUT2D eigenvalue weighted by atomic mass is 10.1. The Morgan fingerprint density at radius 3 is 2.90 bits per heavy atom. The van der Waals surface area contributed by atoms with Gasteiger partial charge in [0, 0.05) is 24.2 Å². The maximum absolute atomic E-state index is 12.6. The average Bonchev–Trinajstić information content (AvgIpc) is 3.28. The van der Waals surface area contributed by atoms with Crippen LogP contribution in [0.4, 0.5) is 0 Å². The molecule has 1 aromatic carbocycles. The lowest BCUT2D eigenvalue weighted by Crippen LogP contribution is -2.33. The maximum atomic E-state index is 12.6. The van der Waals surface area contributed by atoms with Crippen molar-refractivity contribution in [2.24, 2.45) is 11.7 Å². The van der Waals surface area contributed by atoms with Crippen LogP contribution in [0.15, 0.2) is 24.3 Å². The van der Waals surface area contributed by atoms with Crippen molar-refractivity contribution in [3.8, 4) is 11.8 Å². The van der Waals surface area contributed by atoms with Crippen LogP contribution < -0.4 is 5.73 Å². The summed E-state index contributed by atoms with van der Waals surface area (Å²) in [5, 5.41) is 0. The summed E-state index contributed by atoms with van der Waals surface area (Å²) >= 11 is 0. The molecule has 0 spiro atoms. The molecule has 0 atom stereocenters. The van der Waals surface area contributed by atoms with Crippen LogP contribution in [-0.2, 0) is 0 Å². The van der Waals surface area contributed by atoms with Crippen LogP contribution in [0.5, 0.6) is 0 Å². The van der Waals surface area contributed by atoms with Crippen LogP contribution >= 0.6 is 0 Å². The molecule has 1 aliphatic carbocycles. The molecular formula is C17H22N2O. The number of rotatable bonds is 5. The Bertz CT molecular complexity index is 523. The molecule has 0 aromatic heterocycles. The molecular weight excluding hydrogens is 248 g/mol. The molecule has 0 saturated heterocycles. The maximum Gasteiger partial charge on any atom is 0.253 e. The zero-order valence-corrected chi connectivity index (χ0v) is 12.1. The largest absolute Gasteiger partial charge is 0.338 e. The van der Waals surface area contributed by atoms with Crippen LogP contribution in [0.25, 0.3) is 0 Å². The quantitative estimate of drug-likeness (QED) is 0.834. The summed E-state index contributed by atoms with van der Waals surface area (Å²) in [6.45, 7) is 4.16. The third-order valence-corrected chi connectivity index (χ3v) is 3.40. The zero-order chi connectivity index (χ0) is 14.4. The van der Waals surface area contributed by atoms with Crippen molar-refractivity contribution in [2.75, 3.05) is 19.6 Å². The Morgan fingerprint density at radius 2 is 2.25 bits per heavy atom. The minimum Gasteiger partial charge on any atom is -0.338 e. The van der Waals surface area contributed by atoms with Gasteiger partial charge in [-0.25, -0.2) is 0 Å². The van der Waals surface area contributed by atoms with E-state index in [9.17, 15) is 4.79 Å². The molecule has 1 saturated carbocycles. The number of hydrogen-bond donors (Lipinski definition) is 1. The van der Waals surface area contributed by atoms with E-state index in [1.807, 2.05) is 29.2 Å². The van der Waals surface area contributed by atoms with Gasteiger partial charge in [-0.15, -0.1) is 0 Å². The van der Waals surface area contributed by atoms with Crippen molar-refractivity contribution in [3.05, 3.63) is 35.4 Å². The van der Waals surface area contributed by atoms with Gasteiger partial charge >= 0.3 is 0 Å². The second kappa shape index (κ2) is 7.12. The van der Waals surface area contributed by atoms with Gasteiger partial charge in [0.1, 0.15) is 0 Å². The molecule has 1 amide bonds. The van der Waals surface area contributed by atoms with Gasteiger partial charge in [0.05, 0.1) is 6.54 Å². The van der Waals surface area contributed by atoms with E-state index in [4.69, 9.17) is 5.73 Å². The minimum atomic E-state index is 0.121. The number of benzene rings is 1. The second-order valence-corrected chi connectivity index (χ2v) is 5.28. The third-order valence-electron chi connectivity index (χ3n) is 3.40. The van der Waals surface area contributed by atoms with Crippen molar-refractivity contribution in [3.63, 3.8) is 0 Å². The van der Waals surface area contributed by atoms with Gasteiger partial charge in [0.2, 0.25) is 0 Å². The predicted octanol–water partition coefficient (Wildman–Crippen LogP) is 2.26. The zero-order valence-electron chi connectivity index (χ0n) is 12.1. The van der Waals surface area contributed by atoms with Gasteiger partial charge in [-0.05, 0) is 43.4 Å². The topological polar surface area (TPSA) is 46.3 Å². The van der Waals surface area contributed by atoms with E-state index in [0.29, 0.717) is 12.5 Å². The number of nitrogens with zero attached hydrogens (tertiary/aromatic N) is 1. The van der Waals surface area contributed by atoms with E-state index in [-0.39, 0.29) is 5.91 Å². The van der Waals surface area contributed by atoms with Gasteiger partial charge in [0.25, 0.3) is 5.91 Å². The molecule has 1 aromatic rings. The molecule has 0 radical (unpaired) electrons. The van der Waals surface area contributed by atoms with Crippen molar-refractivity contribution < 1.29 is 4.79 Å². The van der Waals surface area contributed by atoms with Crippen molar-refractivity contribution in [1.29, 1.82) is 0 Å². The Morgan fingerprint density at radius 1 is 1.45 bits per heavy atom. The van der Waals surface area contributed by atoms with Gasteiger partial charge in [-0.3, -0.25) is 4.79 Å². The van der Waals surface area contributed by atoms with Gasteiger partial charge in [0.15, 0.2) is 0 Å². The lowest BCUT2D eigenvalue weighted by molar-refractivity contribution is 0.0747. The molecule has 3 nitrogen and oxygen atoms in total.